The van der Waals surface area contributed by atoms with Crippen molar-refractivity contribution in [2.24, 2.45) is 0 Å². The Bertz CT molecular complexity index is 828. The van der Waals surface area contributed by atoms with Crippen molar-refractivity contribution >= 4 is 15.9 Å². The summed E-state index contributed by atoms with van der Waals surface area (Å²) in [6, 6.07) is 13.8. The van der Waals surface area contributed by atoms with Gasteiger partial charge in [0, 0.05) is 25.7 Å². The smallest absolute Gasteiger partial charge is 0.251 e. The van der Waals surface area contributed by atoms with Crippen molar-refractivity contribution in [3.63, 3.8) is 0 Å². The summed E-state index contributed by atoms with van der Waals surface area (Å²) in [7, 11) is -1.99. The first-order valence-electron chi connectivity index (χ1n) is 8.74. The van der Waals surface area contributed by atoms with E-state index in [1.807, 2.05) is 6.92 Å². The maximum atomic E-state index is 12.6. The summed E-state index contributed by atoms with van der Waals surface area (Å²) >= 11 is 0. The van der Waals surface area contributed by atoms with Crippen LogP contribution in [0.3, 0.4) is 0 Å². The molecule has 0 spiro atoms. The van der Waals surface area contributed by atoms with Crippen molar-refractivity contribution in [1.82, 2.24) is 9.62 Å². The molecule has 0 aliphatic carbocycles. The Kier molecular flexibility index (Phi) is 6.94. The van der Waals surface area contributed by atoms with Gasteiger partial charge in [-0.2, -0.15) is 4.31 Å². The number of unbranched alkanes of at least 4 members (excludes halogenated alkanes) is 1. The fraction of sp³-hybridized carbons (Fsp3) is 0.350. The molecule has 140 valence electrons. The number of sulfonamides is 1. The Morgan fingerprint density at radius 1 is 1.04 bits per heavy atom. The zero-order chi connectivity index (χ0) is 19.2. The highest BCUT2D eigenvalue weighted by Gasteiger charge is 2.20. The van der Waals surface area contributed by atoms with Crippen LogP contribution in [-0.4, -0.2) is 32.2 Å². The molecule has 2 aromatic carbocycles. The minimum absolute atomic E-state index is 0.106. The molecule has 5 nitrogen and oxygen atoms in total. The molecule has 0 saturated heterocycles. The number of carbonyl (C=O) groups excluding carboxylic acids is 1. The van der Waals surface area contributed by atoms with Gasteiger partial charge in [0.25, 0.3) is 5.91 Å². The lowest BCUT2D eigenvalue weighted by Gasteiger charge is -2.17. The first kappa shape index (κ1) is 20.1. The predicted molar refractivity (Wildman–Crippen MR) is 104 cm³/mol. The third-order valence-electron chi connectivity index (χ3n) is 4.17. The maximum Gasteiger partial charge on any atom is 0.251 e. The predicted octanol–water partition coefficient (Wildman–Crippen LogP) is 3.35. The quantitative estimate of drug-likeness (QED) is 0.721. The Hall–Kier alpha value is -2.18. The van der Waals surface area contributed by atoms with Gasteiger partial charge in [-0.25, -0.2) is 8.42 Å². The fourth-order valence-electron chi connectivity index (χ4n) is 2.47. The lowest BCUT2D eigenvalue weighted by molar-refractivity contribution is 0.0953. The molecule has 0 unspecified atom stereocenters. The van der Waals surface area contributed by atoms with Crippen LogP contribution in [0.5, 0.6) is 0 Å². The van der Waals surface area contributed by atoms with Gasteiger partial charge in [0.2, 0.25) is 10.0 Å². The number of nitrogens with one attached hydrogen (secondary N) is 1. The van der Waals surface area contributed by atoms with Crippen molar-refractivity contribution in [1.29, 1.82) is 0 Å². The first-order chi connectivity index (χ1) is 12.3. The summed E-state index contributed by atoms with van der Waals surface area (Å²) in [5.41, 5.74) is 2.42. The molecule has 0 aliphatic rings. The second-order valence-corrected chi connectivity index (χ2v) is 8.43. The molecule has 6 heteroatoms. The average Bonchev–Trinajstić information content (AvgIpc) is 2.62. The van der Waals surface area contributed by atoms with Crippen molar-refractivity contribution in [3.05, 3.63) is 65.2 Å². The molecular weight excluding hydrogens is 348 g/mol. The topological polar surface area (TPSA) is 66.5 Å². The molecule has 0 aliphatic heterocycles. The van der Waals surface area contributed by atoms with Gasteiger partial charge in [0.1, 0.15) is 0 Å². The van der Waals surface area contributed by atoms with E-state index in [4.69, 9.17) is 0 Å². The SMILES string of the molecule is CCCCNC(=O)c1ccc(CN(C)S(=O)(=O)c2ccc(C)cc2)cc1. The number of carbonyl (C=O) groups is 1. The van der Waals surface area contributed by atoms with Crippen LogP contribution in [0.4, 0.5) is 0 Å². The monoisotopic (exact) mass is 374 g/mol. The fourth-order valence-corrected chi connectivity index (χ4v) is 3.63. The van der Waals surface area contributed by atoms with E-state index in [2.05, 4.69) is 12.2 Å². The van der Waals surface area contributed by atoms with Gasteiger partial charge in [-0.3, -0.25) is 4.79 Å². The van der Waals surface area contributed by atoms with Gasteiger partial charge in [-0.05, 0) is 43.2 Å². The van der Waals surface area contributed by atoms with E-state index >= 15 is 0 Å². The van der Waals surface area contributed by atoms with Crippen LogP contribution in [0.15, 0.2) is 53.4 Å². The minimum Gasteiger partial charge on any atom is -0.352 e. The summed E-state index contributed by atoms with van der Waals surface area (Å²) in [5, 5.41) is 2.87. The second-order valence-electron chi connectivity index (χ2n) is 6.38. The van der Waals surface area contributed by atoms with E-state index in [-0.39, 0.29) is 17.3 Å². The highest BCUT2D eigenvalue weighted by atomic mass is 32.2. The Morgan fingerprint density at radius 2 is 1.65 bits per heavy atom. The number of aryl methyl sites for hydroxylation is 1. The molecule has 0 aromatic heterocycles. The summed E-state index contributed by atoms with van der Waals surface area (Å²) in [4.78, 5) is 12.3. The third-order valence-corrected chi connectivity index (χ3v) is 5.98. The molecule has 1 N–H and O–H groups in total. The number of nitrogens with zero attached hydrogens (tertiary/aromatic N) is 1. The standard InChI is InChI=1S/C20H26N2O3S/c1-4-5-14-21-20(23)18-10-8-17(9-11-18)15-22(3)26(24,25)19-12-6-16(2)7-13-19/h6-13H,4-5,14-15H2,1-3H3,(H,21,23). The number of hydrogen-bond donors (Lipinski definition) is 1. The summed E-state index contributed by atoms with van der Waals surface area (Å²) in [5.74, 6) is -0.106. The Balaban J connectivity index is 2.03. The Labute approximate surface area is 156 Å². The lowest BCUT2D eigenvalue weighted by atomic mass is 10.1. The van der Waals surface area contributed by atoms with Crippen molar-refractivity contribution in [3.8, 4) is 0 Å². The van der Waals surface area contributed by atoms with Crippen molar-refractivity contribution < 1.29 is 13.2 Å². The van der Waals surface area contributed by atoms with Gasteiger partial charge in [-0.15, -0.1) is 0 Å². The van der Waals surface area contributed by atoms with E-state index < -0.39 is 10.0 Å². The van der Waals surface area contributed by atoms with Crippen LogP contribution < -0.4 is 5.32 Å². The van der Waals surface area contributed by atoms with Gasteiger partial charge in [0.05, 0.1) is 4.90 Å². The van der Waals surface area contributed by atoms with E-state index in [1.165, 1.54) is 4.31 Å². The zero-order valence-corrected chi connectivity index (χ0v) is 16.3. The average molecular weight is 375 g/mol. The molecule has 1 amide bonds. The third kappa shape index (κ3) is 5.16. The summed E-state index contributed by atoms with van der Waals surface area (Å²) in [6.45, 7) is 4.89. The molecule has 0 fully saturated rings. The van der Waals surface area contributed by atoms with Crippen LogP contribution in [0, 0.1) is 6.92 Å². The van der Waals surface area contributed by atoms with E-state index in [1.54, 1.807) is 55.6 Å². The summed E-state index contributed by atoms with van der Waals surface area (Å²) in [6.07, 6.45) is 1.98. The van der Waals surface area contributed by atoms with Crippen LogP contribution in [-0.2, 0) is 16.6 Å². The molecule has 2 rings (SSSR count). The lowest BCUT2D eigenvalue weighted by Crippen LogP contribution is -2.26. The van der Waals surface area contributed by atoms with E-state index in [0.717, 1.165) is 24.0 Å². The van der Waals surface area contributed by atoms with Crippen LogP contribution in [0.25, 0.3) is 0 Å². The molecule has 26 heavy (non-hydrogen) atoms. The van der Waals surface area contributed by atoms with Gasteiger partial charge in [0.15, 0.2) is 0 Å². The van der Waals surface area contributed by atoms with Crippen molar-refractivity contribution in [2.75, 3.05) is 13.6 Å². The normalized spacial score (nSPS) is 11.5. The van der Waals surface area contributed by atoms with Gasteiger partial charge in [-0.1, -0.05) is 43.2 Å². The molecule has 0 bridgehead atoms. The number of benzene rings is 2. The van der Waals surface area contributed by atoms with E-state index in [0.29, 0.717) is 12.1 Å². The molecular formula is C20H26N2O3S. The van der Waals surface area contributed by atoms with Crippen LogP contribution >= 0.6 is 0 Å². The second kappa shape index (κ2) is 8.96. The molecule has 0 atom stereocenters. The Morgan fingerprint density at radius 3 is 2.23 bits per heavy atom. The molecule has 0 radical (unpaired) electrons. The summed E-state index contributed by atoms with van der Waals surface area (Å²) < 4.78 is 26.6. The van der Waals surface area contributed by atoms with Crippen LogP contribution in [0.2, 0.25) is 0 Å². The minimum atomic E-state index is -3.54. The number of rotatable bonds is 8. The highest BCUT2D eigenvalue weighted by molar-refractivity contribution is 7.89. The molecule has 0 heterocycles. The molecule has 0 saturated carbocycles. The highest BCUT2D eigenvalue weighted by Crippen LogP contribution is 2.17. The van der Waals surface area contributed by atoms with Gasteiger partial charge >= 0.3 is 0 Å². The van der Waals surface area contributed by atoms with Crippen molar-refractivity contribution in [2.45, 2.75) is 38.1 Å². The van der Waals surface area contributed by atoms with Crippen LogP contribution in [0.1, 0.15) is 41.3 Å². The first-order valence-corrected chi connectivity index (χ1v) is 10.2. The number of amides is 1. The maximum absolute atomic E-state index is 12.6. The largest absolute Gasteiger partial charge is 0.352 e. The molecule has 2 aromatic rings. The van der Waals surface area contributed by atoms with Gasteiger partial charge < -0.3 is 5.32 Å². The zero-order valence-electron chi connectivity index (χ0n) is 15.5. The van der Waals surface area contributed by atoms with E-state index in [9.17, 15) is 13.2 Å². The number of hydrogen-bond acceptors (Lipinski definition) is 3.